The Hall–Kier alpha value is -3.69. The number of benzene rings is 4. The van der Waals surface area contributed by atoms with Crippen molar-refractivity contribution in [2.24, 2.45) is 0 Å². The first-order valence-corrected chi connectivity index (χ1v) is 13.6. The van der Waals surface area contributed by atoms with Gasteiger partial charge in [0.25, 0.3) is 0 Å². The molecule has 0 aliphatic rings. The zero-order valence-electron chi connectivity index (χ0n) is 18.7. The van der Waals surface area contributed by atoms with E-state index in [0.717, 1.165) is 11.3 Å². The Labute approximate surface area is 213 Å². The molecule has 0 saturated carbocycles. The molecule has 0 unspecified atom stereocenters. The molecule has 4 aromatic carbocycles. The summed E-state index contributed by atoms with van der Waals surface area (Å²) in [7, 11) is 1.70. The molecule has 7 aromatic rings. The van der Waals surface area contributed by atoms with Crippen molar-refractivity contribution in [2.75, 3.05) is 7.11 Å². The van der Waals surface area contributed by atoms with Gasteiger partial charge in [0.05, 0.1) is 18.7 Å². The van der Waals surface area contributed by atoms with Gasteiger partial charge < -0.3 is 4.74 Å². The second-order valence-corrected chi connectivity index (χ2v) is 11.7. The fourth-order valence-electron chi connectivity index (χ4n) is 4.74. The second kappa shape index (κ2) is 7.93. The lowest BCUT2D eigenvalue weighted by Gasteiger charge is -2.00. The molecule has 0 atom stereocenters. The summed E-state index contributed by atoms with van der Waals surface area (Å²) in [4.78, 5) is 2.50. The van der Waals surface area contributed by atoms with E-state index in [2.05, 4.69) is 54.6 Å². The van der Waals surface area contributed by atoms with Crippen LogP contribution in [0, 0.1) is 11.3 Å². The highest BCUT2D eigenvalue weighted by molar-refractivity contribution is 7.27. The predicted molar refractivity (Wildman–Crippen MR) is 152 cm³/mol. The normalized spacial score (nSPS) is 11.5. The van der Waals surface area contributed by atoms with Crippen molar-refractivity contribution in [1.29, 1.82) is 5.26 Å². The van der Waals surface area contributed by atoms with Crippen molar-refractivity contribution >= 4 is 74.4 Å². The van der Waals surface area contributed by atoms with Crippen LogP contribution in [0.15, 0.2) is 84.9 Å². The standard InChI is InChI=1S/C30H17NOS3/c1-32-20-8-6-19(7-9-20)28-15-22-24(34-28)11-13-26-30(22)29-21-14-27(18-4-2-17(16-31)3-5-18)33-23(21)10-12-25(29)35-26/h2-15H,1H3. The van der Waals surface area contributed by atoms with Gasteiger partial charge in [-0.3, -0.25) is 0 Å². The average molecular weight is 504 g/mol. The van der Waals surface area contributed by atoms with Crippen LogP contribution in [0.4, 0.5) is 0 Å². The van der Waals surface area contributed by atoms with Crippen molar-refractivity contribution < 1.29 is 4.74 Å². The third kappa shape index (κ3) is 3.26. The Morgan fingerprint density at radius 3 is 1.57 bits per heavy atom. The zero-order chi connectivity index (χ0) is 23.5. The number of rotatable bonds is 3. The summed E-state index contributed by atoms with van der Waals surface area (Å²) in [6, 6.07) is 32.1. The fourth-order valence-corrected chi connectivity index (χ4v) is 8.02. The monoisotopic (exact) mass is 503 g/mol. The van der Waals surface area contributed by atoms with Gasteiger partial charge in [0.15, 0.2) is 0 Å². The molecular formula is C30H17NOS3. The van der Waals surface area contributed by atoms with Gasteiger partial charge in [0.2, 0.25) is 0 Å². The number of thiophene rings is 3. The largest absolute Gasteiger partial charge is 0.497 e. The van der Waals surface area contributed by atoms with Crippen LogP contribution in [-0.4, -0.2) is 7.11 Å². The Morgan fingerprint density at radius 2 is 1.09 bits per heavy atom. The third-order valence-corrected chi connectivity index (χ3v) is 9.89. The number of methoxy groups -OCH3 is 1. The van der Waals surface area contributed by atoms with Crippen molar-refractivity contribution in [3.8, 4) is 32.7 Å². The third-order valence-electron chi connectivity index (χ3n) is 6.47. The number of hydrogen-bond acceptors (Lipinski definition) is 5. The maximum absolute atomic E-state index is 9.14. The predicted octanol–water partition coefficient (Wildman–Crippen LogP) is 9.70. The molecule has 0 saturated heterocycles. The second-order valence-electron chi connectivity index (χ2n) is 8.44. The van der Waals surface area contributed by atoms with Gasteiger partial charge in [0.1, 0.15) is 5.75 Å². The molecule has 3 heterocycles. The summed E-state index contributed by atoms with van der Waals surface area (Å²) in [5.41, 5.74) is 3.05. The lowest BCUT2D eigenvalue weighted by Crippen LogP contribution is -1.81. The molecule has 0 fully saturated rings. The first-order valence-electron chi connectivity index (χ1n) is 11.2. The van der Waals surface area contributed by atoms with Gasteiger partial charge in [-0.2, -0.15) is 5.26 Å². The summed E-state index contributed by atoms with van der Waals surface area (Å²) < 4.78 is 10.6. The summed E-state index contributed by atoms with van der Waals surface area (Å²) in [5, 5.41) is 14.5. The molecule has 0 aliphatic carbocycles. The summed E-state index contributed by atoms with van der Waals surface area (Å²) in [6.45, 7) is 0. The fraction of sp³-hybridized carbons (Fsp3) is 0.0333. The molecular weight excluding hydrogens is 487 g/mol. The van der Waals surface area contributed by atoms with E-state index in [9.17, 15) is 0 Å². The van der Waals surface area contributed by atoms with E-state index in [-0.39, 0.29) is 0 Å². The van der Waals surface area contributed by atoms with Gasteiger partial charge in [-0.15, -0.1) is 34.0 Å². The molecule has 166 valence electrons. The molecule has 3 aromatic heterocycles. The van der Waals surface area contributed by atoms with Crippen LogP contribution in [0.2, 0.25) is 0 Å². The Balaban J connectivity index is 1.46. The molecule has 0 N–H and O–H groups in total. The summed E-state index contributed by atoms with van der Waals surface area (Å²) in [5.74, 6) is 0.874. The van der Waals surface area contributed by atoms with Crippen LogP contribution >= 0.6 is 34.0 Å². The molecule has 0 aliphatic heterocycles. The minimum absolute atomic E-state index is 0.689. The first-order chi connectivity index (χ1) is 17.2. The lowest BCUT2D eigenvalue weighted by molar-refractivity contribution is 0.415. The maximum Gasteiger partial charge on any atom is 0.118 e. The minimum Gasteiger partial charge on any atom is -0.497 e. The van der Waals surface area contributed by atoms with Crippen LogP contribution in [-0.2, 0) is 0 Å². The number of fused-ring (bicyclic) bond motifs is 7. The Bertz CT molecular complexity index is 1930. The highest BCUT2D eigenvalue weighted by Crippen LogP contribution is 2.47. The number of nitriles is 1. The van der Waals surface area contributed by atoms with Crippen molar-refractivity contribution in [2.45, 2.75) is 0 Å². The highest BCUT2D eigenvalue weighted by Gasteiger charge is 2.16. The van der Waals surface area contributed by atoms with E-state index in [1.165, 1.54) is 55.7 Å². The number of nitrogens with zero attached hydrogens (tertiary/aromatic N) is 1. The molecule has 7 rings (SSSR count). The molecule has 35 heavy (non-hydrogen) atoms. The molecule has 0 amide bonds. The summed E-state index contributed by atoms with van der Waals surface area (Å²) >= 11 is 5.52. The smallest absolute Gasteiger partial charge is 0.118 e. The lowest BCUT2D eigenvalue weighted by atomic mass is 10.0. The number of ether oxygens (including phenoxy) is 1. The molecule has 2 nitrogen and oxygen atoms in total. The zero-order valence-corrected chi connectivity index (χ0v) is 21.1. The SMILES string of the molecule is COc1ccc(-c2cc3c(ccc4sc5ccc6sc(-c7ccc(C#N)cc7)cc6c5c43)s2)cc1. The van der Waals surface area contributed by atoms with Crippen molar-refractivity contribution in [1.82, 2.24) is 0 Å². The van der Waals surface area contributed by atoms with E-state index in [1.807, 2.05) is 70.4 Å². The molecule has 5 heteroatoms. The van der Waals surface area contributed by atoms with E-state index in [0.29, 0.717) is 5.56 Å². The maximum atomic E-state index is 9.14. The Morgan fingerprint density at radius 1 is 0.600 bits per heavy atom. The van der Waals surface area contributed by atoms with Gasteiger partial charge in [-0.05, 0) is 83.9 Å². The molecule has 0 bridgehead atoms. The van der Waals surface area contributed by atoms with Gasteiger partial charge in [-0.1, -0.05) is 12.1 Å². The van der Waals surface area contributed by atoms with Crippen LogP contribution in [0.3, 0.4) is 0 Å². The number of hydrogen-bond donors (Lipinski definition) is 0. The quantitative estimate of drug-likeness (QED) is 0.240. The van der Waals surface area contributed by atoms with Crippen LogP contribution in [0.5, 0.6) is 5.75 Å². The first kappa shape index (κ1) is 20.7. The van der Waals surface area contributed by atoms with Crippen LogP contribution in [0.1, 0.15) is 5.56 Å². The van der Waals surface area contributed by atoms with Gasteiger partial charge in [-0.25, -0.2) is 0 Å². The van der Waals surface area contributed by atoms with E-state index >= 15 is 0 Å². The molecule has 0 radical (unpaired) electrons. The van der Waals surface area contributed by atoms with Crippen molar-refractivity contribution in [3.05, 3.63) is 90.5 Å². The summed E-state index contributed by atoms with van der Waals surface area (Å²) in [6.07, 6.45) is 0. The van der Waals surface area contributed by atoms with Crippen LogP contribution in [0.25, 0.3) is 61.2 Å². The van der Waals surface area contributed by atoms with Crippen molar-refractivity contribution in [3.63, 3.8) is 0 Å². The van der Waals surface area contributed by atoms with Gasteiger partial charge in [0, 0.05) is 50.1 Å². The van der Waals surface area contributed by atoms with E-state index in [1.54, 1.807) is 7.11 Å². The van der Waals surface area contributed by atoms with E-state index < -0.39 is 0 Å². The minimum atomic E-state index is 0.689. The van der Waals surface area contributed by atoms with Crippen LogP contribution < -0.4 is 4.74 Å². The average Bonchev–Trinajstić information content (AvgIpc) is 3.62. The Kier molecular flexibility index (Phi) is 4.68. The van der Waals surface area contributed by atoms with E-state index in [4.69, 9.17) is 10.00 Å². The molecule has 0 spiro atoms. The highest BCUT2D eigenvalue weighted by atomic mass is 32.1. The van der Waals surface area contributed by atoms with Gasteiger partial charge >= 0.3 is 0 Å². The topological polar surface area (TPSA) is 33.0 Å².